The van der Waals surface area contributed by atoms with Crippen molar-refractivity contribution in [3.8, 4) is 6.07 Å². The van der Waals surface area contributed by atoms with E-state index in [1.807, 2.05) is 13.0 Å². The molecule has 18 heavy (non-hydrogen) atoms. The van der Waals surface area contributed by atoms with Crippen LogP contribution >= 0.6 is 11.6 Å². The Hall–Kier alpha value is -2.25. The van der Waals surface area contributed by atoms with E-state index in [0.717, 1.165) is 5.56 Å². The van der Waals surface area contributed by atoms with Crippen LogP contribution in [0.1, 0.15) is 11.1 Å². The molecule has 1 aromatic carbocycles. The molecule has 0 unspecified atom stereocenters. The number of rotatable bonds is 2. The van der Waals surface area contributed by atoms with Crippen LogP contribution in [-0.4, -0.2) is 4.98 Å². The molecule has 5 heteroatoms. The monoisotopic (exact) mass is 258 g/mol. The first-order valence-corrected chi connectivity index (χ1v) is 5.67. The minimum absolute atomic E-state index is 0.468. The third kappa shape index (κ3) is 2.53. The number of nitrogens with zero attached hydrogens (tertiary/aromatic N) is 2. The summed E-state index contributed by atoms with van der Waals surface area (Å²) in [4.78, 5) is 4.20. The summed E-state index contributed by atoms with van der Waals surface area (Å²) >= 11 is 6.06. The van der Waals surface area contributed by atoms with Gasteiger partial charge in [-0.25, -0.2) is 4.98 Å². The summed E-state index contributed by atoms with van der Waals surface area (Å²) in [5, 5.41) is 12.3. The highest BCUT2D eigenvalue weighted by Gasteiger charge is 2.04. The van der Waals surface area contributed by atoms with Crippen LogP contribution in [0.4, 0.5) is 17.2 Å². The van der Waals surface area contributed by atoms with E-state index in [-0.39, 0.29) is 0 Å². The number of hydrogen-bond acceptors (Lipinski definition) is 4. The smallest absolute Gasteiger partial charge is 0.132 e. The summed E-state index contributed by atoms with van der Waals surface area (Å²) in [6, 6.07) is 8.79. The molecule has 2 rings (SSSR count). The van der Waals surface area contributed by atoms with E-state index in [1.165, 1.54) is 0 Å². The van der Waals surface area contributed by atoms with Crippen molar-refractivity contribution in [1.29, 1.82) is 5.26 Å². The maximum absolute atomic E-state index is 8.75. The molecular formula is C13H11ClN4. The Balaban J connectivity index is 2.29. The minimum atomic E-state index is 0.468. The normalized spacial score (nSPS) is 9.83. The summed E-state index contributed by atoms with van der Waals surface area (Å²) in [6.07, 6.45) is 1.69. The number of anilines is 3. The number of nitriles is 1. The van der Waals surface area contributed by atoms with E-state index in [4.69, 9.17) is 22.6 Å². The van der Waals surface area contributed by atoms with E-state index in [1.54, 1.807) is 30.5 Å². The molecule has 1 aromatic heterocycles. The van der Waals surface area contributed by atoms with Gasteiger partial charge in [0.1, 0.15) is 5.82 Å². The Bertz CT molecular complexity index is 631. The van der Waals surface area contributed by atoms with Crippen molar-refractivity contribution < 1.29 is 0 Å². The maximum atomic E-state index is 8.75. The number of nitrogens with two attached hydrogens (primary N) is 1. The average Bonchev–Trinajstić information content (AvgIpc) is 2.36. The van der Waals surface area contributed by atoms with Crippen LogP contribution in [0.3, 0.4) is 0 Å². The Morgan fingerprint density at radius 3 is 2.78 bits per heavy atom. The molecule has 4 nitrogen and oxygen atoms in total. The van der Waals surface area contributed by atoms with Gasteiger partial charge < -0.3 is 11.1 Å². The highest BCUT2D eigenvalue weighted by Crippen LogP contribution is 2.26. The van der Waals surface area contributed by atoms with Gasteiger partial charge in [-0.05, 0) is 30.7 Å². The second-order valence-electron chi connectivity index (χ2n) is 3.86. The second kappa shape index (κ2) is 4.94. The first-order chi connectivity index (χ1) is 8.60. The molecule has 0 aliphatic rings. The van der Waals surface area contributed by atoms with Crippen molar-refractivity contribution in [2.45, 2.75) is 6.92 Å². The predicted octanol–water partition coefficient (Wildman–Crippen LogP) is 3.24. The maximum Gasteiger partial charge on any atom is 0.132 e. The SMILES string of the molecule is Cc1cnc(Nc2ccc(C#N)cc2Cl)cc1N. The minimum Gasteiger partial charge on any atom is -0.398 e. The number of aryl methyl sites for hydroxylation is 1. The van der Waals surface area contributed by atoms with Crippen molar-refractivity contribution in [3.05, 3.63) is 46.6 Å². The van der Waals surface area contributed by atoms with E-state index >= 15 is 0 Å². The van der Waals surface area contributed by atoms with Crippen molar-refractivity contribution in [2.24, 2.45) is 0 Å². The van der Waals surface area contributed by atoms with E-state index < -0.39 is 0 Å². The Kier molecular flexibility index (Phi) is 3.35. The number of hydrogen-bond donors (Lipinski definition) is 2. The third-order valence-electron chi connectivity index (χ3n) is 2.51. The fourth-order valence-electron chi connectivity index (χ4n) is 1.43. The highest BCUT2D eigenvalue weighted by molar-refractivity contribution is 6.33. The van der Waals surface area contributed by atoms with Gasteiger partial charge in [0.25, 0.3) is 0 Å². The van der Waals surface area contributed by atoms with Crippen molar-refractivity contribution in [3.63, 3.8) is 0 Å². The summed E-state index contributed by atoms with van der Waals surface area (Å²) in [6.45, 7) is 1.89. The lowest BCUT2D eigenvalue weighted by molar-refractivity contribution is 1.26. The van der Waals surface area contributed by atoms with Crippen LogP contribution in [0.15, 0.2) is 30.5 Å². The molecule has 0 fully saturated rings. The lowest BCUT2D eigenvalue weighted by Gasteiger charge is -2.09. The van der Waals surface area contributed by atoms with Gasteiger partial charge in [-0.3, -0.25) is 0 Å². The van der Waals surface area contributed by atoms with Gasteiger partial charge in [0.2, 0.25) is 0 Å². The molecule has 0 saturated carbocycles. The average molecular weight is 259 g/mol. The van der Waals surface area contributed by atoms with Crippen LogP contribution in [0.2, 0.25) is 5.02 Å². The van der Waals surface area contributed by atoms with Gasteiger partial charge in [-0.1, -0.05) is 11.6 Å². The quantitative estimate of drug-likeness (QED) is 0.867. The number of aromatic nitrogens is 1. The van der Waals surface area contributed by atoms with Gasteiger partial charge in [0, 0.05) is 18.0 Å². The zero-order chi connectivity index (χ0) is 13.1. The molecule has 0 aliphatic heterocycles. The first-order valence-electron chi connectivity index (χ1n) is 5.29. The summed E-state index contributed by atoms with van der Waals surface area (Å²) in [5.74, 6) is 0.615. The Morgan fingerprint density at radius 1 is 1.39 bits per heavy atom. The highest BCUT2D eigenvalue weighted by atomic mass is 35.5. The molecule has 0 amide bonds. The third-order valence-corrected chi connectivity index (χ3v) is 2.82. The molecule has 1 heterocycles. The zero-order valence-electron chi connectivity index (χ0n) is 9.74. The van der Waals surface area contributed by atoms with Crippen LogP contribution in [0, 0.1) is 18.3 Å². The van der Waals surface area contributed by atoms with E-state index in [2.05, 4.69) is 10.3 Å². The molecule has 0 radical (unpaired) electrons. The zero-order valence-corrected chi connectivity index (χ0v) is 10.5. The van der Waals surface area contributed by atoms with Crippen molar-refractivity contribution in [2.75, 3.05) is 11.1 Å². The molecular weight excluding hydrogens is 248 g/mol. The predicted molar refractivity (Wildman–Crippen MR) is 72.8 cm³/mol. The van der Waals surface area contributed by atoms with Crippen molar-refractivity contribution in [1.82, 2.24) is 4.98 Å². The van der Waals surface area contributed by atoms with Crippen LogP contribution in [0.5, 0.6) is 0 Å². The van der Waals surface area contributed by atoms with Gasteiger partial charge >= 0.3 is 0 Å². The second-order valence-corrected chi connectivity index (χ2v) is 4.26. The van der Waals surface area contributed by atoms with Gasteiger partial charge in [0.15, 0.2) is 0 Å². The molecule has 0 bridgehead atoms. The molecule has 90 valence electrons. The molecule has 0 atom stereocenters. The number of halogens is 1. The van der Waals surface area contributed by atoms with Gasteiger partial charge in [-0.2, -0.15) is 5.26 Å². The Morgan fingerprint density at radius 2 is 2.17 bits per heavy atom. The topological polar surface area (TPSA) is 74.7 Å². The summed E-state index contributed by atoms with van der Waals surface area (Å²) in [5.41, 5.74) is 8.59. The number of nitrogen functional groups attached to an aromatic ring is 1. The van der Waals surface area contributed by atoms with Crippen molar-refractivity contribution >= 4 is 28.8 Å². The Labute approximate surface area is 110 Å². The molecule has 0 aliphatic carbocycles. The molecule has 0 saturated heterocycles. The largest absolute Gasteiger partial charge is 0.398 e. The fourth-order valence-corrected chi connectivity index (χ4v) is 1.66. The van der Waals surface area contributed by atoms with Gasteiger partial charge in [0.05, 0.1) is 22.3 Å². The lowest BCUT2D eigenvalue weighted by Crippen LogP contribution is -1.98. The summed E-state index contributed by atoms with van der Waals surface area (Å²) in [7, 11) is 0. The van der Waals surface area contributed by atoms with Crippen LogP contribution < -0.4 is 11.1 Å². The van der Waals surface area contributed by atoms with Crippen LogP contribution in [-0.2, 0) is 0 Å². The molecule has 2 aromatic rings. The van der Waals surface area contributed by atoms with E-state index in [9.17, 15) is 0 Å². The summed E-state index contributed by atoms with van der Waals surface area (Å²) < 4.78 is 0. The first kappa shape index (κ1) is 12.2. The lowest BCUT2D eigenvalue weighted by atomic mass is 10.2. The number of nitrogens with one attached hydrogen (secondary N) is 1. The molecule has 3 N–H and O–H groups in total. The van der Waals surface area contributed by atoms with Crippen LogP contribution in [0.25, 0.3) is 0 Å². The number of benzene rings is 1. The molecule has 0 spiro atoms. The van der Waals surface area contributed by atoms with Gasteiger partial charge in [-0.15, -0.1) is 0 Å². The fraction of sp³-hybridized carbons (Fsp3) is 0.0769. The van der Waals surface area contributed by atoms with E-state index in [0.29, 0.717) is 27.8 Å². The standard InChI is InChI=1S/C13H11ClN4/c1-8-7-17-13(5-11(8)16)18-12-3-2-9(6-15)4-10(12)14/h2-5,7H,1H3,(H3,16,17,18). The number of pyridine rings is 1.